The van der Waals surface area contributed by atoms with Crippen LogP contribution in [0.5, 0.6) is 0 Å². The van der Waals surface area contributed by atoms with E-state index in [4.69, 9.17) is 4.42 Å². The molecule has 0 spiro atoms. The Morgan fingerprint density at radius 1 is 1.50 bits per heavy atom. The lowest BCUT2D eigenvalue weighted by molar-refractivity contribution is -0.118. The zero-order valence-electron chi connectivity index (χ0n) is 7.09. The number of hydrogen-bond donors (Lipinski definition) is 0. The summed E-state index contributed by atoms with van der Waals surface area (Å²) in [7, 11) is 0. The maximum atomic E-state index is 11.0. The number of fused-ring (bicyclic) bond motifs is 1. The van der Waals surface area contributed by atoms with Crippen LogP contribution in [0.1, 0.15) is 30.7 Å². The third-order valence-corrected chi connectivity index (χ3v) is 2.12. The average molecular weight is 165 g/mol. The van der Waals surface area contributed by atoms with E-state index in [1.807, 2.05) is 6.92 Å². The standard InChI is InChI=1S/C9H11NO2/c1-2-9-10-7-5-6(11)3-4-8(7)12-9/h2-5H2,1H3. The fraction of sp³-hybridized carbons (Fsp3) is 0.556. The monoisotopic (exact) mass is 165 g/mol. The number of aromatic nitrogens is 1. The van der Waals surface area contributed by atoms with E-state index in [0.717, 1.165) is 30.2 Å². The van der Waals surface area contributed by atoms with Crippen molar-refractivity contribution in [2.75, 3.05) is 0 Å². The topological polar surface area (TPSA) is 43.1 Å². The number of ketones is 1. The first-order valence-corrected chi connectivity index (χ1v) is 4.28. The second-order valence-electron chi connectivity index (χ2n) is 3.05. The lowest BCUT2D eigenvalue weighted by atomic mass is 10.0. The van der Waals surface area contributed by atoms with Crippen LogP contribution in [0.25, 0.3) is 0 Å². The summed E-state index contributed by atoms with van der Waals surface area (Å²) in [5.74, 6) is 1.96. The van der Waals surface area contributed by atoms with Crippen molar-refractivity contribution in [3.63, 3.8) is 0 Å². The zero-order valence-corrected chi connectivity index (χ0v) is 7.09. The molecule has 2 rings (SSSR count). The molecule has 0 saturated heterocycles. The predicted octanol–water partition coefficient (Wildman–Crippen LogP) is 1.29. The molecule has 0 N–H and O–H groups in total. The van der Waals surface area contributed by atoms with E-state index in [-0.39, 0.29) is 5.78 Å². The summed E-state index contributed by atoms with van der Waals surface area (Å²) in [5.41, 5.74) is 0.864. The highest BCUT2D eigenvalue weighted by molar-refractivity contribution is 5.82. The van der Waals surface area contributed by atoms with Gasteiger partial charge >= 0.3 is 0 Å². The Balaban J connectivity index is 2.34. The van der Waals surface area contributed by atoms with E-state index in [2.05, 4.69) is 4.98 Å². The van der Waals surface area contributed by atoms with Gasteiger partial charge in [-0.15, -0.1) is 0 Å². The molecular weight excluding hydrogens is 154 g/mol. The Hall–Kier alpha value is -1.12. The molecule has 0 amide bonds. The Morgan fingerprint density at radius 2 is 2.33 bits per heavy atom. The number of aryl methyl sites for hydroxylation is 2. The fourth-order valence-corrected chi connectivity index (χ4v) is 1.45. The summed E-state index contributed by atoms with van der Waals surface area (Å²) in [5, 5.41) is 0. The minimum Gasteiger partial charge on any atom is -0.445 e. The third kappa shape index (κ3) is 1.15. The van der Waals surface area contributed by atoms with Crippen LogP contribution >= 0.6 is 0 Å². The van der Waals surface area contributed by atoms with Gasteiger partial charge in [0.2, 0.25) is 0 Å². The molecule has 0 saturated carbocycles. The molecule has 0 aromatic carbocycles. The van der Waals surface area contributed by atoms with Gasteiger partial charge in [-0.3, -0.25) is 4.79 Å². The van der Waals surface area contributed by atoms with Crippen LogP contribution in [0.15, 0.2) is 4.42 Å². The Morgan fingerprint density at radius 3 is 3.08 bits per heavy atom. The van der Waals surface area contributed by atoms with Crippen LogP contribution in [-0.2, 0) is 24.1 Å². The maximum absolute atomic E-state index is 11.0. The van der Waals surface area contributed by atoms with Crippen LogP contribution in [-0.4, -0.2) is 10.8 Å². The van der Waals surface area contributed by atoms with Crippen molar-refractivity contribution >= 4 is 5.78 Å². The number of hydrogen-bond acceptors (Lipinski definition) is 3. The van der Waals surface area contributed by atoms with Gasteiger partial charge in [-0.1, -0.05) is 6.92 Å². The van der Waals surface area contributed by atoms with Crippen molar-refractivity contribution in [2.24, 2.45) is 0 Å². The summed E-state index contributed by atoms with van der Waals surface area (Å²) in [6.45, 7) is 2.00. The second kappa shape index (κ2) is 2.73. The maximum Gasteiger partial charge on any atom is 0.194 e. The molecule has 3 heteroatoms. The van der Waals surface area contributed by atoms with Crippen LogP contribution in [0.4, 0.5) is 0 Å². The predicted molar refractivity (Wildman–Crippen MR) is 42.9 cm³/mol. The van der Waals surface area contributed by atoms with Gasteiger partial charge in [0.15, 0.2) is 5.89 Å². The van der Waals surface area contributed by atoms with E-state index < -0.39 is 0 Å². The number of nitrogens with zero attached hydrogens (tertiary/aromatic N) is 1. The molecule has 0 bridgehead atoms. The van der Waals surface area contributed by atoms with E-state index >= 15 is 0 Å². The number of oxazole rings is 1. The third-order valence-electron chi connectivity index (χ3n) is 2.12. The molecule has 0 aliphatic heterocycles. The molecule has 64 valence electrons. The van der Waals surface area contributed by atoms with Gasteiger partial charge in [-0.25, -0.2) is 4.98 Å². The van der Waals surface area contributed by atoms with Gasteiger partial charge in [0.05, 0.1) is 12.1 Å². The van der Waals surface area contributed by atoms with Crippen LogP contribution in [0, 0.1) is 0 Å². The molecule has 0 fully saturated rings. The van der Waals surface area contributed by atoms with Crippen molar-refractivity contribution in [1.82, 2.24) is 4.98 Å². The molecule has 1 aliphatic rings. The van der Waals surface area contributed by atoms with Gasteiger partial charge in [-0.05, 0) is 0 Å². The highest BCUT2D eigenvalue weighted by atomic mass is 16.4. The number of rotatable bonds is 1. The fourth-order valence-electron chi connectivity index (χ4n) is 1.45. The Bertz CT molecular complexity index is 314. The summed E-state index contributed by atoms with van der Waals surface area (Å²) in [4.78, 5) is 15.3. The van der Waals surface area contributed by atoms with Gasteiger partial charge in [0.1, 0.15) is 11.5 Å². The molecule has 1 aromatic heterocycles. The molecule has 1 heterocycles. The lowest BCUT2D eigenvalue weighted by Gasteiger charge is -2.05. The SMILES string of the molecule is CCc1nc2c(o1)CCC(=O)C2. The summed E-state index contributed by atoms with van der Waals surface area (Å²) < 4.78 is 5.44. The molecule has 1 aromatic rings. The smallest absolute Gasteiger partial charge is 0.194 e. The van der Waals surface area contributed by atoms with Gasteiger partial charge < -0.3 is 4.42 Å². The molecule has 3 nitrogen and oxygen atoms in total. The Kier molecular flexibility index (Phi) is 1.71. The van der Waals surface area contributed by atoms with Gasteiger partial charge in [0.25, 0.3) is 0 Å². The Labute approximate surface area is 70.8 Å². The largest absolute Gasteiger partial charge is 0.445 e. The van der Waals surface area contributed by atoms with E-state index in [1.165, 1.54) is 0 Å². The minimum atomic E-state index is 0.276. The first kappa shape index (κ1) is 7.53. The molecule has 12 heavy (non-hydrogen) atoms. The lowest BCUT2D eigenvalue weighted by Crippen LogP contribution is -2.11. The second-order valence-corrected chi connectivity index (χ2v) is 3.05. The summed E-state index contributed by atoms with van der Waals surface area (Å²) in [6.07, 6.45) is 2.63. The molecule has 1 aliphatic carbocycles. The number of carbonyl (C=O) groups excluding carboxylic acids is 1. The van der Waals surface area contributed by atoms with E-state index in [1.54, 1.807) is 0 Å². The highest BCUT2D eigenvalue weighted by Crippen LogP contribution is 2.19. The van der Waals surface area contributed by atoms with Crippen LogP contribution in [0.3, 0.4) is 0 Å². The van der Waals surface area contributed by atoms with Gasteiger partial charge in [0, 0.05) is 19.3 Å². The zero-order chi connectivity index (χ0) is 8.55. The minimum absolute atomic E-state index is 0.276. The first-order chi connectivity index (χ1) is 5.79. The normalized spacial score (nSPS) is 16.2. The van der Waals surface area contributed by atoms with Crippen molar-refractivity contribution < 1.29 is 9.21 Å². The average Bonchev–Trinajstić information content (AvgIpc) is 2.46. The van der Waals surface area contributed by atoms with E-state index in [9.17, 15) is 4.79 Å². The van der Waals surface area contributed by atoms with Crippen LogP contribution in [0.2, 0.25) is 0 Å². The number of Topliss-reactive ketones (excluding diaryl/α,β-unsaturated/α-hetero) is 1. The first-order valence-electron chi connectivity index (χ1n) is 4.28. The molecule has 0 atom stereocenters. The van der Waals surface area contributed by atoms with Crippen molar-refractivity contribution in [1.29, 1.82) is 0 Å². The summed E-state index contributed by atoms with van der Waals surface area (Å²) in [6, 6.07) is 0. The van der Waals surface area contributed by atoms with Crippen molar-refractivity contribution in [3.8, 4) is 0 Å². The molecular formula is C9H11NO2. The van der Waals surface area contributed by atoms with Crippen LogP contribution < -0.4 is 0 Å². The van der Waals surface area contributed by atoms with Crippen molar-refractivity contribution in [3.05, 3.63) is 17.3 Å². The quantitative estimate of drug-likeness (QED) is 0.629. The molecule has 0 unspecified atom stereocenters. The highest BCUT2D eigenvalue weighted by Gasteiger charge is 2.20. The van der Waals surface area contributed by atoms with Gasteiger partial charge in [-0.2, -0.15) is 0 Å². The molecule has 0 radical (unpaired) electrons. The van der Waals surface area contributed by atoms with E-state index in [0.29, 0.717) is 12.8 Å². The summed E-state index contributed by atoms with van der Waals surface area (Å²) >= 11 is 0. The number of carbonyl (C=O) groups is 1. The van der Waals surface area contributed by atoms with Crippen molar-refractivity contribution in [2.45, 2.75) is 32.6 Å².